The highest BCUT2D eigenvalue weighted by atomic mass is 35.5. The minimum atomic E-state index is -4.15. The number of anilines is 1. The number of halogens is 1. The molecular weight excluding hydrogens is 348 g/mol. The summed E-state index contributed by atoms with van der Waals surface area (Å²) in [6.07, 6.45) is -20.1. The second-order valence-corrected chi connectivity index (χ2v) is 6.24. The summed E-state index contributed by atoms with van der Waals surface area (Å²) in [7, 11) is 0. The molecule has 144 valence electrons. The van der Waals surface area contributed by atoms with Crippen LogP contribution in [0.5, 0.6) is 0 Å². The molecule has 1 saturated carbocycles. The van der Waals surface area contributed by atoms with Crippen molar-refractivity contribution in [3.05, 3.63) is 28.8 Å². The predicted octanol–water partition coefficient (Wildman–Crippen LogP) is 3.39. The normalized spacial score (nSPS) is 46.9. The maximum atomic E-state index is 11.6. The smallest absolute Gasteiger partial charge is 0.312 e. The summed E-state index contributed by atoms with van der Waals surface area (Å²) >= 11 is 6.40. The van der Waals surface area contributed by atoms with E-state index >= 15 is 0 Å². The van der Waals surface area contributed by atoms with Crippen molar-refractivity contribution in [3.63, 3.8) is 0 Å². The van der Waals surface area contributed by atoms with E-state index in [4.69, 9.17) is 36.5 Å². The van der Waals surface area contributed by atoms with Crippen LogP contribution < -0.4 is 16.0 Å². The molecule has 1 saturated heterocycles. The van der Waals surface area contributed by atoms with Gasteiger partial charge in [-0.3, -0.25) is 4.90 Å². The Labute approximate surface area is 181 Å². The van der Waals surface area contributed by atoms with Gasteiger partial charge in [0.25, 0.3) is 0 Å². The van der Waals surface area contributed by atoms with Crippen LogP contribution in [0.1, 0.15) is 56.6 Å². The van der Waals surface area contributed by atoms with Crippen molar-refractivity contribution >= 4 is 23.3 Å². The molecule has 1 aromatic carbocycles. The number of amides is 2. The van der Waals surface area contributed by atoms with Crippen LogP contribution in [0, 0.1) is 12.8 Å². The topological polar surface area (TPSA) is 61.6 Å². The van der Waals surface area contributed by atoms with E-state index < -0.39 is 56.3 Å². The fraction of sp³-hybridized carbons (Fsp3) is 0.650. The molecule has 3 rings (SSSR count). The minimum absolute atomic E-state index is 0.115. The summed E-state index contributed by atoms with van der Waals surface area (Å²) in [5.74, 6) is -4.15. The number of benzene rings is 1. The van der Waals surface area contributed by atoms with Crippen molar-refractivity contribution in [2.45, 2.75) is 44.8 Å². The van der Waals surface area contributed by atoms with Gasteiger partial charge < -0.3 is 16.0 Å². The Hall–Kier alpha value is -1.46. The first kappa shape index (κ1) is 8.27. The first-order chi connectivity index (χ1) is 17.8. The van der Waals surface area contributed by atoms with E-state index in [1.54, 1.807) is 25.1 Å². The Kier molecular flexibility index (Phi) is 2.85. The Balaban J connectivity index is 2.09. The van der Waals surface area contributed by atoms with Gasteiger partial charge in [0.15, 0.2) is 0 Å². The number of aryl methyl sites for hydroxylation is 1. The quantitative estimate of drug-likeness (QED) is 0.807. The summed E-state index contributed by atoms with van der Waals surface area (Å²) in [6.45, 7) is -1.69. The fourth-order valence-corrected chi connectivity index (χ4v) is 2.88. The first-order valence-corrected chi connectivity index (χ1v) is 8.52. The number of rotatable bonds is 5. The highest BCUT2D eigenvalue weighted by Crippen LogP contribution is 2.30. The third-order valence-corrected chi connectivity index (χ3v) is 4.50. The molecule has 26 heavy (non-hydrogen) atoms. The number of nitrogens with zero attached hydrogens (tertiary/aromatic N) is 2. The average Bonchev–Trinajstić information content (AvgIpc) is 2.83. The summed E-state index contributed by atoms with van der Waals surface area (Å²) in [5.41, 5.74) is 6.42. The molecule has 3 N–H and O–H groups in total. The van der Waals surface area contributed by atoms with Crippen LogP contribution in [-0.2, 0) is 0 Å². The zero-order valence-corrected chi connectivity index (χ0v) is 15.1. The van der Waals surface area contributed by atoms with E-state index in [9.17, 15) is 4.79 Å². The third-order valence-electron chi connectivity index (χ3n) is 4.00. The highest BCUT2D eigenvalue weighted by molar-refractivity contribution is 6.34. The number of hydrogen-bond donors (Lipinski definition) is 2. The van der Waals surface area contributed by atoms with Crippen molar-refractivity contribution in [2.24, 2.45) is 11.6 Å². The molecule has 0 spiro atoms. The maximum Gasteiger partial charge on any atom is 0.312 e. The van der Waals surface area contributed by atoms with Gasteiger partial charge in [0, 0.05) is 50.0 Å². The maximum absolute atomic E-state index is 11.6. The van der Waals surface area contributed by atoms with Crippen LogP contribution >= 0.6 is 11.6 Å². The lowest BCUT2D eigenvalue weighted by atomic mass is 9.84. The predicted molar refractivity (Wildman–Crippen MR) is 108 cm³/mol. The lowest BCUT2D eigenvalue weighted by Gasteiger charge is -2.37. The number of primary amides is 1. The summed E-state index contributed by atoms with van der Waals surface area (Å²) in [4.78, 5) is 14.3. The molecule has 1 heterocycles. The number of piperazine rings is 1. The van der Waals surface area contributed by atoms with Crippen molar-refractivity contribution in [1.29, 1.82) is 0 Å². The lowest BCUT2D eigenvalue weighted by molar-refractivity contribution is 0.207. The van der Waals surface area contributed by atoms with E-state index in [0.717, 1.165) is 10.5 Å². The molecule has 0 unspecified atom stereocenters. The summed E-state index contributed by atoms with van der Waals surface area (Å²) in [6, 6.07) is -0.127. The van der Waals surface area contributed by atoms with Gasteiger partial charge in [0.05, 0.1) is 12.1 Å². The molecule has 0 bridgehead atoms. The summed E-state index contributed by atoms with van der Waals surface area (Å²) < 4.78 is 119. The number of hydrogen-bond acceptors (Lipinski definition) is 3. The van der Waals surface area contributed by atoms with Gasteiger partial charge in [0.1, 0.15) is 0 Å². The third kappa shape index (κ3) is 5.04. The van der Waals surface area contributed by atoms with Crippen molar-refractivity contribution < 1.29 is 24.0 Å². The number of carbonyl (C=O) groups is 1. The van der Waals surface area contributed by atoms with E-state index in [1.807, 2.05) is 4.90 Å². The Morgan fingerprint density at radius 1 is 1.35 bits per heavy atom. The van der Waals surface area contributed by atoms with E-state index in [1.165, 1.54) is 5.32 Å². The minimum Gasteiger partial charge on any atom is -0.368 e. The van der Waals surface area contributed by atoms with Gasteiger partial charge in [-0.1, -0.05) is 23.7 Å². The van der Waals surface area contributed by atoms with Crippen LogP contribution in [0.15, 0.2) is 18.2 Å². The molecule has 2 aliphatic rings. The van der Waals surface area contributed by atoms with E-state index in [2.05, 4.69) is 0 Å². The Morgan fingerprint density at radius 2 is 2.04 bits per heavy atom. The zero-order valence-electron chi connectivity index (χ0n) is 28.3. The van der Waals surface area contributed by atoms with Gasteiger partial charge in [-0.05, 0) is 62.8 Å². The van der Waals surface area contributed by atoms with Gasteiger partial charge >= 0.3 is 6.03 Å². The van der Waals surface area contributed by atoms with Crippen molar-refractivity contribution in [2.75, 3.05) is 37.6 Å². The number of nitrogens with one attached hydrogen (secondary N) is 1. The van der Waals surface area contributed by atoms with Crippen LogP contribution in [-0.4, -0.2) is 49.6 Å². The highest BCUT2D eigenvalue weighted by Gasteiger charge is 2.24. The standard InChI is InChI=1S/C20H31ClN4O/c1-15-3-2-4-18(19(15)21)25-13-11-24(12-14-25)10-9-16-5-7-17(8-6-16)23-20(22)26/h2-4,16-17H,5-14H2,1H3,(H3,22,23,26)/i5D2,6D2,7D2,8D2,9D2,10D2,16D,17D. The Bertz CT molecular complexity index is 1140. The molecule has 2 fully saturated rings. The number of nitrogens with two attached hydrogens (primary N) is 1. The molecule has 1 aliphatic carbocycles. The molecule has 0 aromatic heterocycles. The van der Waals surface area contributed by atoms with Gasteiger partial charge in [-0.2, -0.15) is 0 Å². The van der Waals surface area contributed by atoms with Crippen LogP contribution in [0.4, 0.5) is 10.5 Å². The molecule has 1 aliphatic heterocycles. The fourth-order valence-electron chi connectivity index (χ4n) is 2.63. The largest absolute Gasteiger partial charge is 0.368 e. The van der Waals surface area contributed by atoms with Crippen molar-refractivity contribution in [3.8, 4) is 0 Å². The Morgan fingerprint density at radius 3 is 2.69 bits per heavy atom. The summed E-state index contributed by atoms with van der Waals surface area (Å²) in [5, 5.41) is 1.89. The second kappa shape index (κ2) is 8.96. The molecule has 1 aromatic rings. The van der Waals surface area contributed by atoms with Crippen LogP contribution in [0.2, 0.25) is 5.02 Å². The monoisotopic (exact) mass is 392 g/mol. The molecule has 5 nitrogen and oxygen atoms in total. The number of carbonyl (C=O) groups excluding carboxylic acids is 1. The second-order valence-electron chi connectivity index (χ2n) is 5.86. The average molecular weight is 393 g/mol. The van der Waals surface area contributed by atoms with Gasteiger partial charge in [-0.15, -0.1) is 0 Å². The van der Waals surface area contributed by atoms with Crippen LogP contribution in [0.25, 0.3) is 0 Å². The van der Waals surface area contributed by atoms with Gasteiger partial charge in [0.2, 0.25) is 0 Å². The van der Waals surface area contributed by atoms with Crippen molar-refractivity contribution in [1.82, 2.24) is 10.2 Å². The molecule has 0 atom stereocenters. The van der Waals surface area contributed by atoms with E-state index in [0.29, 0.717) is 10.7 Å². The SMILES string of the molecule is [2H]C([2H])(N1CCN(c2cccc(C)c2Cl)CC1)C([2H])([2H])C1([2H])C([2H])([2H])C([2H])([2H])C([2H])(NC(N)=O)C([2H])([2H])C1([2H])[2H]. The van der Waals surface area contributed by atoms with Crippen LogP contribution in [0.3, 0.4) is 0 Å². The van der Waals surface area contributed by atoms with E-state index in [-0.39, 0.29) is 26.2 Å². The number of urea groups is 1. The molecule has 6 heteroatoms. The van der Waals surface area contributed by atoms with Gasteiger partial charge in [-0.25, -0.2) is 4.79 Å². The zero-order chi connectivity index (χ0) is 31.1. The first-order valence-electron chi connectivity index (χ1n) is 15.1. The molecular formula is C20H31ClN4O. The molecule has 0 radical (unpaired) electrons. The molecule has 2 amide bonds. The lowest BCUT2D eigenvalue weighted by Crippen LogP contribution is -2.47.